The van der Waals surface area contributed by atoms with E-state index in [0.717, 1.165) is 6.07 Å². The van der Waals surface area contributed by atoms with Crippen molar-refractivity contribution >= 4 is 49.9 Å². The summed E-state index contributed by atoms with van der Waals surface area (Å²) < 4.78 is 86.2. The number of rotatable bonds is 9. The molecule has 1 fully saturated rings. The van der Waals surface area contributed by atoms with Gasteiger partial charge in [-0.1, -0.05) is 12.5 Å². The average molecular weight is 622 g/mol. The molecule has 10 nitrogen and oxygen atoms in total. The number of carbonyl (C=O) groups excluding carboxylic acids is 3. The predicted octanol–water partition coefficient (Wildman–Crippen LogP) is 0.747. The van der Waals surface area contributed by atoms with E-state index in [0.29, 0.717) is 31.9 Å². The molecule has 0 atom stereocenters. The summed E-state index contributed by atoms with van der Waals surface area (Å²) in [5.74, 6) is -2.46. The Morgan fingerprint density at radius 3 is 2.33 bits per heavy atom. The molecule has 0 bridgehead atoms. The molecule has 0 saturated heterocycles. The van der Waals surface area contributed by atoms with Crippen LogP contribution in [0.15, 0.2) is 33.5 Å². The molecule has 0 amide bonds. The molecule has 1 aromatic heterocycles. The zero-order chi connectivity index (χ0) is 30.3. The third kappa shape index (κ3) is 7.70. The van der Waals surface area contributed by atoms with Crippen LogP contribution in [0.5, 0.6) is 0 Å². The minimum Gasteiger partial charge on any atom is -0.748 e. The number of Topliss-reactive ketones (excluding diaryl/α,β-unsaturated/α-hetero) is 2. The number of ether oxygens (including phenoxy) is 1. The number of alkyl halides is 3. The minimum absolute atomic E-state index is 0. The molecule has 222 valence electrons. The molecular weight excluding hydrogens is 594 g/mol. The molecule has 2 aromatic rings. The molecule has 15 heteroatoms. The molecular formula is C27H27F3NNaO9S. The van der Waals surface area contributed by atoms with Crippen LogP contribution in [-0.4, -0.2) is 54.4 Å². The zero-order valence-electron chi connectivity index (χ0n) is 23.2. The molecule has 0 spiro atoms. The number of esters is 1. The van der Waals surface area contributed by atoms with Gasteiger partial charge in [-0.2, -0.15) is 13.2 Å². The first-order chi connectivity index (χ1) is 19.0. The minimum atomic E-state index is -4.90. The molecule has 2 aliphatic rings. The number of anilines is 1. The van der Waals surface area contributed by atoms with Crippen molar-refractivity contribution in [2.45, 2.75) is 70.2 Å². The summed E-state index contributed by atoms with van der Waals surface area (Å²) >= 11 is 0. The number of ketones is 2. The molecule has 4 rings (SSSR count). The van der Waals surface area contributed by atoms with E-state index in [1.807, 2.05) is 0 Å². The van der Waals surface area contributed by atoms with Gasteiger partial charge in [0.1, 0.15) is 5.58 Å². The van der Waals surface area contributed by atoms with Gasteiger partial charge in [-0.25, -0.2) is 13.2 Å². The smallest absolute Gasteiger partial charge is 0.748 e. The molecule has 0 N–H and O–H groups in total. The quantitative estimate of drug-likeness (QED) is 0.0980. The van der Waals surface area contributed by atoms with Crippen LogP contribution in [0.1, 0.15) is 63.5 Å². The number of benzene rings is 1. The molecule has 1 aliphatic carbocycles. The Morgan fingerprint density at radius 2 is 1.74 bits per heavy atom. The number of carbonyl (C=O) groups is 3. The van der Waals surface area contributed by atoms with Gasteiger partial charge in [0.2, 0.25) is 6.10 Å². The third-order valence-electron chi connectivity index (χ3n) is 7.07. The third-order valence-corrected chi connectivity index (χ3v) is 7.74. The fourth-order valence-electron chi connectivity index (χ4n) is 5.25. The Balaban J connectivity index is 0.00000484. The van der Waals surface area contributed by atoms with Crippen molar-refractivity contribution in [3.05, 3.63) is 45.8 Å². The Kier molecular flexibility index (Phi) is 10.2. The molecule has 0 unspecified atom stereocenters. The average Bonchev–Trinajstić information content (AvgIpc) is 3.14. The summed E-state index contributed by atoms with van der Waals surface area (Å²) in [5, 5.41) is -0.456. The first-order valence-electron chi connectivity index (χ1n) is 12.8. The molecule has 42 heavy (non-hydrogen) atoms. The Hall–Kier alpha value is -2.52. The van der Waals surface area contributed by atoms with Crippen molar-refractivity contribution in [1.82, 2.24) is 0 Å². The summed E-state index contributed by atoms with van der Waals surface area (Å²) in [6.07, 6.45) is -3.31. The van der Waals surface area contributed by atoms with E-state index in [-0.39, 0.29) is 71.2 Å². The molecule has 0 radical (unpaired) electrons. The summed E-state index contributed by atoms with van der Waals surface area (Å²) in [6.45, 7) is 3.76. The topological polar surface area (TPSA) is 151 Å². The van der Waals surface area contributed by atoms with Gasteiger partial charge in [0, 0.05) is 54.6 Å². The van der Waals surface area contributed by atoms with Crippen LogP contribution in [0.4, 0.5) is 18.9 Å². The van der Waals surface area contributed by atoms with Crippen LogP contribution in [-0.2, 0) is 35.4 Å². The van der Waals surface area contributed by atoms with Crippen LogP contribution in [0, 0.1) is 0 Å². The second-order valence-electron chi connectivity index (χ2n) is 10.6. The van der Waals surface area contributed by atoms with Gasteiger partial charge in [-0.05, 0) is 38.3 Å². The number of unbranched alkanes of at least 4 members (excludes halogenated alkanes) is 2. The number of fused-ring (bicyclic) bond motifs is 2. The summed E-state index contributed by atoms with van der Waals surface area (Å²) in [6, 6.07) is 2.63. The zero-order valence-corrected chi connectivity index (χ0v) is 26.0. The van der Waals surface area contributed by atoms with E-state index < -0.39 is 67.8 Å². The van der Waals surface area contributed by atoms with Crippen LogP contribution in [0.2, 0.25) is 0 Å². The SMILES string of the molecule is CC1(C)C=C(CS(=O)(=O)[O-])c2cc3c(C(F)(F)F)cc(=O)oc3cc2N1CCCCCC(=O)OC1C(=O)CCC1=O.[Na+]. The summed E-state index contributed by atoms with van der Waals surface area (Å²) in [7, 11) is -4.80. The Bertz CT molecular complexity index is 1600. The largest absolute Gasteiger partial charge is 1.00 e. The fourth-order valence-corrected chi connectivity index (χ4v) is 5.87. The maximum atomic E-state index is 13.7. The van der Waals surface area contributed by atoms with E-state index in [4.69, 9.17) is 9.15 Å². The van der Waals surface area contributed by atoms with E-state index in [2.05, 4.69) is 0 Å². The summed E-state index contributed by atoms with van der Waals surface area (Å²) in [5.41, 5.74) is -3.32. The molecule has 1 aromatic carbocycles. The second kappa shape index (κ2) is 12.6. The van der Waals surface area contributed by atoms with Crippen molar-refractivity contribution in [3.8, 4) is 0 Å². The maximum absolute atomic E-state index is 13.7. The fraction of sp³-hybridized carbons (Fsp3) is 0.481. The van der Waals surface area contributed by atoms with E-state index in [9.17, 15) is 45.3 Å². The standard InChI is InChI=1S/C27H28F3NO9S.Na/c1-26(2)13-15(14-41(36,37)38)16-10-17-18(27(28,29)30)11-24(35)39-22(17)12-19(16)31(26)9-5-3-4-6-23(34)40-25-20(32)7-8-21(25)33;/h10-13,25H,3-9,14H2,1-2H3,(H,36,37,38);/q;+1/p-1. The van der Waals surface area contributed by atoms with Gasteiger partial charge >= 0.3 is 47.3 Å². The normalized spacial score (nSPS) is 17.2. The van der Waals surface area contributed by atoms with E-state index in [1.54, 1.807) is 18.7 Å². The summed E-state index contributed by atoms with van der Waals surface area (Å²) in [4.78, 5) is 49.1. The van der Waals surface area contributed by atoms with Crippen molar-refractivity contribution < 1.29 is 79.2 Å². The molecule has 2 heterocycles. The van der Waals surface area contributed by atoms with E-state index >= 15 is 0 Å². The van der Waals surface area contributed by atoms with E-state index in [1.165, 1.54) is 12.1 Å². The van der Waals surface area contributed by atoms with Gasteiger partial charge in [-0.15, -0.1) is 0 Å². The van der Waals surface area contributed by atoms with Gasteiger partial charge < -0.3 is 18.6 Å². The van der Waals surface area contributed by atoms with Gasteiger partial charge in [-0.3, -0.25) is 14.4 Å². The van der Waals surface area contributed by atoms with Gasteiger partial charge in [0.25, 0.3) is 0 Å². The van der Waals surface area contributed by atoms with Crippen molar-refractivity contribution in [2.75, 3.05) is 17.2 Å². The Labute approximate surface area is 261 Å². The maximum Gasteiger partial charge on any atom is 1.00 e. The molecule has 1 saturated carbocycles. The first-order valence-corrected chi connectivity index (χ1v) is 14.4. The first kappa shape index (κ1) is 34.0. The van der Waals surface area contributed by atoms with Gasteiger partial charge in [0.05, 0.1) is 27.0 Å². The number of nitrogens with zero attached hydrogens (tertiary/aromatic N) is 1. The number of hydrogen-bond donors (Lipinski definition) is 0. The van der Waals surface area contributed by atoms with Crippen LogP contribution < -0.4 is 40.1 Å². The van der Waals surface area contributed by atoms with Crippen molar-refractivity contribution in [1.29, 1.82) is 0 Å². The second-order valence-corrected chi connectivity index (χ2v) is 12.0. The molecule has 1 aliphatic heterocycles. The van der Waals surface area contributed by atoms with Crippen molar-refractivity contribution in [2.24, 2.45) is 0 Å². The monoisotopic (exact) mass is 621 g/mol. The Morgan fingerprint density at radius 1 is 1.10 bits per heavy atom. The predicted molar refractivity (Wildman–Crippen MR) is 139 cm³/mol. The van der Waals surface area contributed by atoms with Crippen LogP contribution >= 0.6 is 0 Å². The number of halogens is 3. The number of hydrogen-bond acceptors (Lipinski definition) is 10. The van der Waals surface area contributed by atoms with Crippen LogP contribution in [0.25, 0.3) is 16.5 Å². The van der Waals surface area contributed by atoms with Crippen LogP contribution in [0.3, 0.4) is 0 Å². The van der Waals surface area contributed by atoms with Gasteiger partial charge in [0.15, 0.2) is 11.6 Å². The van der Waals surface area contributed by atoms with Crippen molar-refractivity contribution in [3.63, 3.8) is 0 Å².